The largest absolute Gasteiger partial charge is 0.329 e. The summed E-state index contributed by atoms with van der Waals surface area (Å²) in [5.41, 5.74) is 6.19. The SMILES string of the molecule is CC(C)N(Cc1cccs1)C(CN)c1cc(F)ccc1F. The number of halogens is 2. The molecule has 0 amide bonds. The summed E-state index contributed by atoms with van der Waals surface area (Å²) in [6.07, 6.45) is 0. The van der Waals surface area contributed by atoms with Crippen molar-refractivity contribution in [2.75, 3.05) is 6.54 Å². The van der Waals surface area contributed by atoms with Gasteiger partial charge in [0.1, 0.15) is 11.6 Å². The molecule has 0 radical (unpaired) electrons. The molecule has 0 bridgehead atoms. The van der Waals surface area contributed by atoms with Gasteiger partial charge in [0.25, 0.3) is 0 Å². The van der Waals surface area contributed by atoms with Crippen molar-refractivity contribution in [3.8, 4) is 0 Å². The van der Waals surface area contributed by atoms with Gasteiger partial charge in [-0.05, 0) is 43.5 Å². The van der Waals surface area contributed by atoms with E-state index in [1.807, 2.05) is 31.4 Å². The third-order valence-electron chi connectivity index (χ3n) is 3.52. The van der Waals surface area contributed by atoms with Crippen LogP contribution in [0.15, 0.2) is 35.7 Å². The molecule has 1 heterocycles. The molecular weight excluding hydrogens is 290 g/mol. The summed E-state index contributed by atoms with van der Waals surface area (Å²) in [5.74, 6) is -0.853. The van der Waals surface area contributed by atoms with Crippen LogP contribution in [0.4, 0.5) is 8.78 Å². The lowest BCUT2D eigenvalue weighted by atomic mass is 10.0. The fraction of sp³-hybridized carbons (Fsp3) is 0.375. The average molecular weight is 310 g/mol. The van der Waals surface area contributed by atoms with E-state index in [1.165, 1.54) is 10.9 Å². The summed E-state index contributed by atoms with van der Waals surface area (Å²) >= 11 is 1.65. The van der Waals surface area contributed by atoms with Crippen molar-refractivity contribution in [3.63, 3.8) is 0 Å². The minimum atomic E-state index is -0.440. The molecule has 2 aromatic rings. The molecule has 1 unspecified atom stereocenters. The summed E-state index contributed by atoms with van der Waals surface area (Å²) < 4.78 is 27.5. The maximum Gasteiger partial charge on any atom is 0.128 e. The van der Waals surface area contributed by atoms with Crippen LogP contribution in [-0.2, 0) is 6.54 Å². The van der Waals surface area contributed by atoms with Gasteiger partial charge in [-0.3, -0.25) is 4.90 Å². The number of nitrogens with two attached hydrogens (primary N) is 1. The summed E-state index contributed by atoms with van der Waals surface area (Å²) in [5, 5.41) is 2.01. The molecule has 0 fully saturated rings. The zero-order chi connectivity index (χ0) is 15.4. The molecule has 1 aromatic heterocycles. The van der Waals surface area contributed by atoms with Crippen LogP contribution in [0.25, 0.3) is 0 Å². The Hall–Kier alpha value is -1.30. The highest BCUT2D eigenvalue weighted by molar-refractivity contribution is 7.09. The Labute approximate surface area is 128 Å². The smallest absolute Gasteiger partial charge is 0.128 e. The number of thiophene rings is 1. The predicted octanol–water partition coefficient (Wildman–Crippen LogP) is 3.94. The number of hydrogen-bond donors (Lipinski definition) is 1. The molecule has 5 heteroatoms. The first-order chi connectivity index (χ1) is 10.0. The molecule has 1 atom stereocenters. The molecule has 0 aliphatic heterocycles. The Kier molecular flexibility index (Phi) is 5.45. The van der Waals surface area contributed by atoms with Crippen molar-refractivity contribution in [3.05, 3.63) is 57.8 Å². The highest BCUT2D eigenvalue weighted by atomic mass is 32.1. The molecule has 1 aromatic carbocycles. The molecule has 0 aliphatic carbocycles. The van der Waals surface area contributed by atoms with Gasteiger partial charge in [0.15, 0.2) is 0 Å². The predicted molar refractivity (Wildman–Crippen MR) is 83.2 cm³/mol. The Morgan fingerprint density at radius 2 is 2.00 bits per heavy atom. The van der Waals surface area contributed by atoms with Crippen LogP contribution in [0.2, 0.25) is 0 Å². The quantitative estimate of drug-likeness (QED) is 0.876. The van der Waals surface area contributed by atoms with E-state index in [0.29, 0.717) is 12.1 Å². The zero-order valence-electron chi connectivity index (χ0n) is 12.2. The number of benzene rings is 1. The van der Waals surface area contributed by atoms with E-state index in [9.17, 15) is 8.78 Å². The fourth-order valence-corrected chi connectivity index (χ4v) is 3.16. The minimum Gasteiger partial charge on any atom is -0.329 e. The van der Waals surface area contributed by atoms with Gasteiger partial charge in [-0.25, -0.2) is 8.78 Å². The molecule has 21 heavy (non-hydrogen) atoms. The topological polar surface area (TPSA) is 29.3 Å². The Morgan fingerprint density at radius 1 is 1.24 bits per heavy atom. The number of hydrogen-bond acceptors (Lipinski definition) is 3. The highest BCUT2D eigenvalue weighted by Crippen LogP contribution is 2.28. The van der Waals surface area contributed by atoms with Crippen LogP contribution in [0.1, 0.15) is 30.3 Å². The van der Waals surface area contributed by atoms with Gasteiger partial charge in [0.2, 0.25) is 0 Å². The van der Waals surface area contributed by atoms with Gasteiger partial charge >= 0.3 is 0 Å². The molecule has 2 nitrogen and oxygen atoms in total. The average Bonchev–Trinajstić information content (AvgIpc) is 2.95. The Balaban J connectivity index is 2.33. The minimum absolute atomic E-state index is 0.170. The molecule has 0 spiro atoms. The van der Waals surface area contributed by atoms with Crippen molar-refractivity contribution < 1.29 is 8.78 Å². The van der Waals surface area contributed by atoms with Crippen molar-refractivity contribution in [1.82, 2.24) is 4.90 Å². The lowest BCUT2D eigenvalue weighted by Gasteiger charge is -2.34. The number of rotatable bonds is 6. The standard InChI is InChI=1S/C16H20F2N2S/c1-11(2)20(10-13-4-3-7-21-13)16(9-19)14-8-12(17)5-6-15(14)18/h3-8,11,16H,9-10,19H2,1-2H3. The summed E-state index contributed by atoms with van der Waals surface area (Å²) in [7, 11) is 0. The summed E-state index contributed by atoms with van der Waals surface area (Å²) in [6, 6.07) is 7.39. The van der Waals surface area contributed by atoms with E-state index in [-0.39, 0.29) is 18.6 Å². The van der Waals surface area contributed by atoms with E-state index in [0.717, 1.165) is 12.1 Å². The van der Waals surface area contributed by atoms with E-state index < -0.39 is 11.6 Å². The third-order valence-corrected chi connectivity index (χ3v) is 4.38. The van der Waals surface area contributed by atoms with Crippen LogP contribution in [0.3, 0.4) is 0 Å². The first-order valence-corrected chi connectivity index (χ1v) is 7.84. The second-order valence-corrected chi connectivity index (χ2v) is 6.30. The maximum absolute atomic E-state index is 14.1. The Bertz CT molecular complexity index is 570. The molecule has 2 N–H and O–H groups in total. The first-order valence-electron chi connectivity index (χ1n) is 6.96. The van der Waals surface area contributed by atoms with Crippen molar-refractivity contribution in [2.45, 2.75) is 32.5 Å². The van der Waals surface area contributed by atoms with Gasteiger partial charge < -0.3 is 5.73 Å². The monoisotopic (exact) mass is 310 g/mol. The fourth-order valence-electron chi connectivity index (χ4n) is 2.45. The lowest BCUT2D eigenvalue weighted by Crippen LogP contribution is -2.38. The van der Waals surface area contributed by atoms with Crippen LogP contribution < -0.4 is 5.73 Å². The van der Waals surface area contributed by atoms with Crippen molar-refractivity contribution >= 4 is 11.3 Å². The first kappa shape index (κ1) is 16.1. The van der Waals surface area contributed by atoms with Gasteiger partial charge in [-0.1, -0.05) is 6.07 Å². The molecule has 2 rings (SSSR count). The molecular formula is C16H20F2N2S. The van der Waals surface area contributed by atoms with Gasteiger partial charge in [-0.2, -0.15) is 0 Å². The van der Waals surface area contributed by atoms with Crippen LogP contribution in [0.5, 0.6) is 0 Å². The molecule has 0 aliphatic rings. The second kappa shape index (κ2) is 7.11. The van der Waals surface area contributed by atoms with Crippen LogP contribution in [0, 0.1) is 11.6 Å². The van der Waals surface area contributed by atoms with Crippen molar-refractivity contribution in [1.29, 1.82) is 0 Å². The van der Waals surface area contributed by atoms with Gasteiger partial charge in [-0.15, -0.1) is 11.3 Å². The normalized spacial score (nSPS) is 13.1. The number of nitrogens with zero attached hydrogens (tertiary/aromatic N) is 1. The lowest BCUT2D eigenvalue weighted by molar-refractivity contribution is 0.146. The van der Waals surface area contributed by atoms with E-state index in [2.05, 4.69) is 4.90 Å². The maximum atomic E-state index is 14.1. The zero-order valence-corrected chi connectivity index (χ0v) is 13.0. The summed E-state index contributed by atoms with van der Waals surface area (Å²) in [6.45, 7) is 4.98. The van der Waals surface area contributed by atoms with Gasteiger partial charge in [0, 0.05) is 29.6 Å². The van der Waals surface area contributed by atoms with E-state index >= 15 is 0 Å². The summed E-state index contributed by atoms with van der Waals surface area (Å²) in [4.78, 5) is 3.28. The van der Waals surface area contributed by atoms with E-state index in [4.69, 9.17) is 5.73 Å². The third kappa shape index (κ3) is 3.87. The van der Waals surface area contributed by atoms with Gasteiger partial charge in [0.05, 0.1) is 6.04 Å². The molecule has 0 saturated heterocycles. The van der Waals surface area contributed by atoms with Crippen LogP contribution in [-0.4, -0.2) is 17.5 Å². The Morgan fingerprint density at radius 3 is 2.57 bits per heavy atom. The van der Waals surface area contributed by atoms with Crippen molar-refractivity contribution in [2.24, 2.45) is 5.73 Å². The van der Waals surface area contributed by atoms with Crippen LogP contribution >= 0.6 is 11.3 Å². The van der Waals surface area contributed by atoms with E-state index in [1.54, 1.807) is 11.3 Å². The molecule has 114 valence electrons. The molecule has 0 saturated carbocycles. The second-order valence-electron chi connectivity index (χ2n) is 5.26. The highest BCUT2D eigenvalue weighted by Gasteiger charge is 2.25.